The lowest BCUT2D eigenvalue weighted by atomic mass is 9.64. The Morgan fingerprint density at radius 3 is 2.53 bits per heavy atom. The molecule has 0 bridgehead atoms. The van der Waals surface area contributed by atoms with Crippen molar-refractivity contribution in [2.75, 3.05) is 13.7 Å². The number of aliphatic carboxylic acids is 1. The van der Waals surface area contributed by atoms with Crippen molar-refractivity contribution in [3.05, 3.63) is 0 Å². The molecule has 0 aromatic carbocycles. The summed E-state index contributed by atoms with van der Waals surface area (Å²) in [6.07, 6.45) is 0.775. The summed E-state index contributed by atoms with van der Waals surface area (Å²) in [6.45, 7) is 3.67. The summed E-state index contributed by atoms with van der Waals surface area (Å²) >= 11 is 0. The number of hydrogen-bond acceptors (Lipinski definition) is 4. The molecular formula is C12H22N2O5. The van der Waals surface area contributed by atoms with E-state index in [0.717, 1.165) is 0 Å². The number of aliphatic hydroxyl groups excluding tert-OH is 1. The molecule has 19 heavy (non-hydrogen) atoms. The van der Waals surface area contributed by atoms with Crippen LogP contribution in [0.1, 0.15) is 26.7 Å². The molecule has 0 aromatic rings. The van der Waals surface area contributed by atoms with Gasteiger partial charge in [-0.3, -0.25) is 0 Å². The van der Waals surface area contributed by atoms with Gasteiger partial charge in [0.25, 0.3) is 0 Å². The van der Waals surface area contributed by atoms with Gasteiger partial charge in [-0.05, 0) is 6.42 Å². The molecular weight excluding hydrogens is 252 g/mol. The van der Waals surface area contributed by atoms with Crippen LogP contribution in [-0.2, 0) is 9.53 Å². The number of ether oxygens (including phenoxy) is 1. The molecule has 0 aliphatic heterocycles. The van der Waals surface area contributed by atoms with Gasteiger partial charge < -0.3 is 25.6 Å². The Labute approximate surface area is 112 Å². The fourth-order valence-electron chi connectivity index (χ4n) is 2.28. The van der Waals surface area contributed by atoms with E-state index in [0.29, 0.717) is 6.42 Å². The average Bonchev–Trinajstić information content (AvgIpc) is 2.33. The molecule has 7 nitrogen and oxygen atoms in total. The Morgan fingerprint density at radius 2 is 2.11 bits per heavy atom. The molecule has 0 aromatic heterocycles. The lowest BCUT2D eigenvalue weighted by molar-refractivity contribution is -0.139. The largest absolute Gasteiger partial charge is 0.480 e. The van der Waals surface area contributed by atoms with Crippen LogP contribution in [-0.4, -0.2) is 54.1 Å². The predicted octanol–water partition coefficient (Wildman–Crippen LogP) is -0.0653. The molecule has 7 heteroatoms. The minimum Gasteiger partial charge on any atom is -0.480 e. The molecule has 1 aliphatic rings. The first-order chi connectivity index (χ1) is 8.82. The highest BCUT2D eigenvalue weighted by Gasteiger charge is 2.49. The molecule has 110 valence electrons. The summed E-state index contributed by atoms with van der Waals surface area (Å²) < 4.78 is 5.27. The zero-order valence-electron chi connectivity index (χ0n) is 11.5. The molecule has 0 heterocycles. The van der Waals surface area contributed by atoms with Gasteiger partial charge in [0.15, 0.2) is 0 Å². The second-order valence-electron chi connectivity index (χ2n) is 5.35. The van der Waals surface area contributed by atoms with Gasteiger partial charge in [0.2, 0.25) is 0 Å². The van der Waals surface area contributed by atoms with Crippen molar-refractivity contribution in [1.29, 1.82) is 0 Å². The van der Waals surface area contributed by atoms with E-state index in [1.54, 1.807) is 7.11 Å². The number of aliphatic hydroxyl groups is 1. The van der Waals surface area contributed by atoms with Crippen LogP contribution in [0.4, 0.5) is 4.79 Å². The van der Waals surface area contributed by atoms with Crippen molar-refractivity contribution in [1.82, 2.24) is 10.6 Å². The van der Waals surface area contributed by atoms with Gasteiger partial charge in [-0.25, -0.2) is 9.59 Å². The van der Waals surface area contributed by atoms with Crippen molar-refractivity contribution in [2.24, 2.45) is 5.41 Å². The third kappa shape index (κ3) is 3.57. The Bertz CT molecular complexity index is 345. The Morgan fingerprint density at radius 1 is 1.47 bits per heavy atom. The van der Waals surface area contributed by atoms with E-state index in [1.807, 2.05) is 13.8 Å². The highest BCUT2D eigenvalue weighted by atomic mass is 16.5. The highest BCUT2D eigenvalue weighted by molar-refractivity contribution is 5.82. The monoisotopic (exact) mass is 274 g/mol. The molecule has 1 rings (SSSR count). The molecule has 3 unspecified atom stereocenters. The molecule has 1 saturated carbocycles. The molecule has 3 atom stereocenters. The normalized spacial score (nSPS) is 26.1. The van der Waals surface area contributed by atoms with Crippen LogP contribution < -0.4 is 10.6 Å². The first-order valence-corrected chi connectivity index (χ1v) is 6.26. The molecule has 2 amide bonds. The van der Waals surface area contributed by atoms with E-state index in [9.17, 15) is 9.59 Å². The lowest BCUT2D eigenvalue weighted by Crippen LogP contribution is -2.63. The van der Waals surface area contributed by atoms with E-state index in [1.165, 1.54) is 0 Å². The van der Waals surface area contributed by atoms with Crippen LogP contribution in [0.15, 0.2) is 0 Å². The van der Waals surface area contributed by atoms with E-state index in [2.05, 4.69) is 10.6 Å². The van der Waals surface area contributed by atoms with Crippen molar-refractivity contribution < 1.29 is 24.5 Å². The van der Waals surface area contributed by atoms with Crippen LogP contribution in [0.25, 0.3) is 0 Å². The van der Waals surface area contributed by atoms with Gasteiger partial charge in [0, 0.05) is 31.6 Å². The van der Waals surface area contributed by atoms with Crippen LogP contribution >= 0.6 is 0 Å². The number of carbonyl (C=O) groups excluding carboxylic acids is 1. The Hall–Kier alpha value is -1.34. The van der Waals surface area contributed by atoms with Gasteiger partial charge in [-0.15, -0.1) is 0 Å². The maximum Gasteiger partial charge on any atom is 0.326 e. The number of carbonyl (C=O) groups is 2. The average molecular weight is 274 g/mol. The molecule has 1 aliphatic carbocycles. The minimum atomic E-state index is -1.16. The standard InChI is InChI=1S/C12H22N2O5/c1-12(2)8(6-9(12)19-3)14-11(18)13-7(4-5-15)10(16)17/h7-9,15H,4-6H2,1-3H3,(H,16,17)(H2,13,14,18). The van der Waals surface area contributed by atoms with Gasteiger partial charge in [-0.1, -0.05) is 13.8 Å². The number of carboxylic acids is 1. The minimum absolute atomic E-state index is 0.0164. The topological polar surface area (TPSA) is 108 Å². The summed E-state index contributed by atoms with van der Waals surface area (Å²) in [5, 5.41) is 22.7. The Kier molecular flexibility index (Phi) is 5.13. The molecule has 1 fully saturated rings. The number of methoxy groups -OCH3 is 1. The fourth-order valence-corrected chi connectivity index (χ4v) is 2.28. The second-order valence-corrected chi connectivity index (χ2v) is 5.35. The number of carboxylic acid groups (broad SMARTS) is 1. The van der Waals surface area contributed by atoms with E-state index in [4.69, 9.17) is 14.9 Å². The summed E-state index contributed by atoms with van der Waals surface area (Å²) in [7, 11) is 1.63. The zero-order chi connectivity index (χ0) is 14.6. The van der Waals surface area contributed by atoms with Crippen LogP contribution in [0, 0.1) is 5.41 Å². The first-order valence-electron chi connectivity index (χ1n) is 6.26. The van der Waals surface area contributed by atoms with Gasteiger partial charge >= 0.3 is 12.0 Å². The molecule has 0 spiro atoms. The van der Waals surface area contributed by atoms with Gasteiger partial charge in [-0.2, -0.15) is 0 Å². The van der Waals surface area contributed by atoms with E-state index >= 15 is 0 Å². The van der Waals surface area contributed by atoms with Crippen LogP contribution in [0.5, 0.6) is 0 Å². The van der Waals surface area contributed by atoms with Crippen molar-refractivity contribution in [3.63, 3.8) is 0 Å². The smallest absolute Gasteiger partial charge is 0.326 e. The number of nitrogens with one attached hydrogen (secondary N) is 2. The van der Waals surface area contributed by atoms with E-state index < -0.39 is 18.0 Å². The first kappa shape index (κ1) is 15.7. The SMILES string of the molecule is COC1CC(NC(=O)NC(CCO)C(=O)O)C1(C)C. The highest BCUT2D eigenvalue weighted by Crippen LogP contribution is 2.42. The number of amides is 2. The molecule has 4 N–H and O–H groups in total. The third-order valence-electron chi connectivity index (χ3n) is 3.79. The maximum absolute atomic E-state index is 11.7. The predicted molar refractivity (Wildman–Crippen MR) is 67.8 cm³/mol. The molecule has 0 radical (unpaired) electrons. The quantitative estimate of drug-likeness (QED) is 0.542. The summed E-state index contributed by atoms with van der Waals surface area (Å²) in [5.41, 5.74) is -0.179. The van der Waals surface area contributed by atoms with Crippen molar-refractivity contribution in [3.8, 4) is 0 Å². The van der Waals surface area contributed by atoms with Gasteiger partial charge in [0.05, 0.1) is 6.10 Å². The van der Waals surface area contributed by atoms with E-state index in [-0.39, 0.29) is 30.6 Å². The number of rotatable bonds is 6. The third-order valence-corrected chi connectivity index (χ3v) is 3.79. The lowest BCUT2D eigenvalue weighted by Gasteiger charge is -2.51. The summed E-state index contributed by atoms with van der Waals surface area (Å²) in [5.74, 6) is -1.16. The number of hydrogen-bond donors (Lipinski definition) is 4. The summed E-state index contributed by atoms with van der Waals surface area (Å²) in [6, 6.07) is -1.67. The van der Waals surface area contributed by atoms with Crippen LogP contribution in [0.2, 0.25) is 0 Å². The fraction of sp³-hybridized carbons (Fsp3) is 0.833. The second kappa shape index (κ2) is 6.21. The molecule has 0 saturated heterocycles. The number of urea groups is 1. The Balaban J connectivity index is 2.46. The summed E-state index contributed by atoms with van der Waals surface area (Å²) in [4.78, 5) is 22.6. The van der Waals surface area contributed by atoms with Crippen molar-refractivity contribution >= 4 is 12.0 Å². The maximum atomic E-state index is 11.7. The van der Waals surface area contributed by atoms with Crippen LogP contribution in [0.3, 0.4) is 0 Å². The van der Waals surface area contributed by atoms with Crippen molar-refractivity contribution in [2.45, 2.75) is 44.9 Å². The van der Waals surface area contributed by atoms with Gasteiger partial charge in [0.1, 0.15) is 6.04 Å². The zero-order valence-corrected chi connectivity index (χ0v) is 11.5.